The molecule has 1 aliphatic carbocycles. The van der Waals surface area contributed by atoms with Crippen LogP contribution in [0.15, 0.2) is 12.2 Å². The summed E-state index contributed by atoms with van der Waals surface area (Å²) in [7, 11) is 0. The number of ether oxygens (including phenoxy) is 1. The molecule has 0 aromatic rings. The Bertz CT molecular complexity index is 247. The fourth-order valence-electron chi connectivity index (χ4n) is 1.50. The van der Waals surface area contributed by atoms with E-state index in [0.29, 0.717) is 5.92 Å². The molecule has 0 aromatic heterocycles. The lowest BCUT2D eigenvalue weighted by molar-refractivity contribution is -0.148. The minimum atomic E-state index is -0.158. The second kappa shape index (κ2) is 4.71. The lowest BCUT2D eigenvalue weighted by Crippen LogP contribution is -2.25. The van der Waals surface area contributed by atoms with Crippen LogP contribution in [0.1, 0.15) is 19.8 Å². The minimum absolute atomic E-state index is 0.00153. The molecule has 2 unspecified atom stereocenters. The van der Waals surface area contributed by atoms with Gasteiger partial charge in [-0.3, -0.25) is 4.79 Å². The minimum Gasteiger partial charge on any atom is -0.452 e. The zero-order chi connectivity index (χ0) is 9.68. The molecule has 1 rings (SSSR count). The molecule has 2 heteroatoms. The van der Waals surface area contributed by atoms with E-state index in [9.17, 15) is 4.79 Å². The molecule has 0 N–H and O–H groups in total. The Balaban J connectivity index is 2.46. The summed E-state index contributed by atoms with van der Waals surface area (Å²) in [6, 6.07) is 0. The number of allylic oxidation sites excluding steroid dienone is 2. The Kier molecular flexibility index (Phi) is 3.57. The first-order valence-electron chi connectivity index (χ1n) is 4.50. The third kappa shape index (κ3) is 2.62. The van der Waals surface area contributed by atoms with Gasteiger partial charge in [0.2, 0.25) is 0 Å². The summed E-state index contributed by atoms with van der Waals surface area (Å²) in [5.74, 6) is 2.50. The molecule has 0 spiro atoms. The monoisotopic (exact) mass is 178 g/mol. The van der Waals surface area contributed by atoms with Crippen LogP contribution >= 0.6 is 0 Å². The average molecular weight is 178 g/mol. The Hall–Kier alpha value is -1.23. The SMILES string of the molecule is C#CCOC(=O)C1CC=CCC1C. The Morgan fingerprint density at radius 2 is 2.31 bits per heavy atom. The normalized spacial score (nSPS) is 26.5. The molecule has 0 radical (unpaired) electrons. The van der Waals surface area contributed by atoms with E-state index in [1.54, 1.807) is 0 Å². The van der Waals surface area contributed by atoms with Crippen molar-refractivity contribution in [1.82, 2.24) is 0 Å². The third-order valence-corrected chi connectivity index (χ3v) is 2.35. The lowest BCUT2D eigenvalue weighted by Gasteiger charge is -2.22. The van der Waals surface area contributed by atoms with Crippen molar-refractivity contribution < 1.29 is 9.53 Å². The highest BCUT2D eigenvalue weighted by Gasteiger charge is 2.26. The van der Waals surface area contributed by atoms with Gasteiger partial charge in [0.05, 0.1) is 5.92 Å². The van der Waals surface area contributed by atoms with Crippen LogP contribution < -0.4 is 0 Å². The van der Waals surface area contributed by atoms with E-state index in [0.717, 1.165) is 12.8 Å². The van der Waals surface area contributed by atoms with Gasteiger partial charge >= 0.3 is 5.97 Å². The number of terminal acetylenes is 1. The van der Waals surface area contributed by atoms with Crippen molar-refractivity contribution in [1.29, 1.82) is 0 Å². The van der Waals surface area contributed by atoms with E-state index in [1.165, 1.54) is 0 Å². The second-order valence-electron chi connectivity index (χ2n) is 3.34. The van der Waals surface area contributed by atoms with Crippen molar-refractivity contribution in [2.75, 3.05) is 6.61 Å². The molecule has 13 heavy (non-hydrogen) atoms. The zero-order valence-corrected chi connectivity index (χ0v) is 7.82. The zero-order valence-electron chi connectivity index (χ0n) is 7.82. The van der Waals surface area contributed by atoms with Gasteiger partial charge in [0, 0.05) is 0 Å². The van der Waals surface area contributed by atoms with Gasteiger partial charge in [-0.25, -0.2) is 0 Å². The van der Waals surface area contributed by atoms with E-state index in [1.807, 2.05) is 6.08 Å². The molecule has 0 amide bonds. The average Bonchev–Trinajstić information content (AvgIpc) is 2.15. The summed E-state index contributed by atoms with van der Waals surface area (Å²) in [5.41, 5.74) is 0. The first-order chi connectivity index (χ1) is 6.25. The predicted molar refractivity (Wildman–Crippen MR) is 50.8 cm³/mol. The molecule has 0 saturated carbocycles. The summed E-state index contributed by atoms with van der Waals surface area (Å²) in [5, 5.41) is 0. The van der Waals surface area contributed by atoms with Crippen molar-refractivity contribution in [3.63, 3.8) is 0 Å². The molecular formula is C11H14O2. The summed E-state index contributed by atoms with van der Waals surface area (Å²) in [4.78, 5) is 11.4. The van der Waals surface area contributed by atoms with Crippen molar-refractivity contribution in [3.8, 4) is 12.3 Å². The van der Waals surface area contributed by atoms with Gasteiger partial charge in [0.25, 0.3) is 0 Å². The lowest BCUT2D eigenvalue weighted by atomic mass is 9.84. The van der Waals surface area contributed by atoms with Crippen molar-refractivity contribution >= 4 is 5.97 Å². The van der Waals surface area contributed by atoms with Crippen LogP contribution in [0.25, 0.3) is 0 Å². The number of esters is 1. The van der Waals surface area contributed by atoms with E-state index >= 15 is 0 Å². The summed E-state index contributed by atoms with van der Waals surface area (Å²) >= 11 is 0. The van der Waals surface area contributed by atoms with Crippen LogP contribution in [-0.4, -0.2) is 12.6 Å². The van der Waals surface area contributed by atoms with Gasteiger partial charge in [-0.05, 0) is 18.8 Å². The highest BCUT2D eigenvalue weighted by atomic mass is 16.5. The molecule has 0 aromatic carbocycles. The molecular weight excluding hydrogens is 164 g/mol. The molecule has 70 valence electrons. The fourth-order valence-corrected chi connectivity index (χ4v) is 1.50. The molecule has 1 aliphatic rings. The quantitative estimate of drug-likeness (QED) is 0.366. The van der Waals surface area contributed by atoms with E-state index in [4.69, 9.17) is 11.2 Å². The maximum absolute atomic E-state index is 11.4. The Morgan fingerprint density at radius 3 is 2.92 bits per heavy atom. The van der Waals surface area contributed by atoms with Gasteiger partial charge in [0.15, 0.2) is 6.61 Å². The number of carbonyl (C=O) groups excluding carboxylic acids is 1. The highest BCUT2D eigenvalue weighted by Crippen LogP contribution is 2.25. The topological polar surface area (TPSA) is 26.3 Å². The van der Waals surface area contributed by atoms with Crippen molar-refractivity contribution in [2.24, 2.45) is 11.8 Å². The van der Waals surface area contributed by atoms with Gasteiger partial charge in [-0.15, -0.1) is 6.42 Å². The van der Waals surface area contributed by atoms with Gasteiger partial charge in [0.1, 0.15) is 0 Å². The number of rotatable bonds is 2. The smallest absolute Gasteiger partial charge is 0.310 e. The standard InChI is InChI=1S/C11H14O2/c1-3-8-13-11(12)10-7-5-4-6-9(10)2/h1,4-5,9-10H,6-8H2,2H3. The van der Waals surface area contributed by atoms with Crippen molar-refractivity contribution in [3.05, 3.63) is 12.2 Å². The van der Waals surface area contributed by atoms with E-state index in [-0.39, 0.29) is 18.5 Å². The summed E-state index contributed by atoms with van der Waals surface area (Å²) < 4.78 is 4.89. The van der Waals surface area contributed by atoms with Gasteiger partial charge in [-0.1, -0.05) is 25.0 Å². The molecule has 0 fully saturated rings. The maximum atomic E-state index is 11.4. The van der Waals surface area contributed by atoms with Gasteiger partial charge in [-0.2, -0.15) is 0 Å². The number of hydrogen-bond donors (Lipinski definition) is 0. The van der Waals surface area contributed by atoms with Crippen LogP contribution in [0.5, 0.6) is 0 Å². The van der Waals surface area contributed by atoms with Crippen LogP contribution in [-0.2, 0) is 9.53 Å². The van der Waals surface area contributed by atoms with Crippen LogP contribution in [0.4, 0.5) is 0 Å². The third-order valence-electron chi connectivity index (χ3n) is 2.35. The first-order valence-corrected chi connectivity index (χ1v) is 4.50. The number of carbonyl (C=O) groups is 1. The molecule has 0 saturated heterocycles. The van der Waals surface area contributed by atoms with Crippen LogP contribution in [0.3, 0.4) is 0 Å². The first kappa shape index (κ1) is 9.85. The molecule has 0 heterocycles. The maximum Gasteiger partial charge on any atom is 0.310 e. The van der Waals surface area contributed by atoms with E-state index < -0.39 is 0 Å². The highest BCUT2D eigenvalue weighted by molar-refractivity contribution is 5.73. The Labute approximate surface area is 79.0 Å². The fraction of sp³-hybridized carbons (Fsp3) is 0.545. The predicted octanol–water partition coefficient (Wildman–Crippen LogP) is 1.77. The largest absolute Gasteiger partial charge is 0.452 e. The van der Waals surface area contributed by atoms with Gasteiger partial charge < -0.3 is 4.74 Å². The van der Waals surface area contributed by atoms with Crippen LogP contribution in [0.2, 0.25) is 0 Å². The Morgan fingerprint density at radius 1 is 1.62 bits per heavy atom. The summed E-state index contributed by atoms with van der Waals surface area (Å²) in [6.07, 6.45) is 10.9. The second-order valence-corrected chi connectivity index (χ2v) is 3.34. The molecule has 2 nitrogen and oxygen atoms in total. The van der Waals surface area contributed by atoms with E-state index in [2.05, 4.69) is 18.9 Å². The summed E-state index contributed by atoms with van der Waals surface area (Å²) in [6.45, 7) is 2.15. The molecule has 2 atom stereocenters. The molecule has 0 bridgehead atoms. The number of hydrogen-bond acceptors (Lipinski definition) is 2. The van der Waals surface area contributed by atoms with Crippen LogP contribution in [0, 0.1) is 24.2 Å². The molecule has 0 aliphatic heterocycles. The van der Waals surface area contributed by atoms with Crippen molar-refractivity contribution in [2.45, 2.75) is 19.8 Å².